The molecule has 0 heterocycles. The zero-order chi connectivity index (χ0) is 19.3. The first kappa shape index (κ1) is 20.3. The fourth-order valence-corrected chi connectivity index (χ4v) is 3.03. The maximum absolute atomic E-state index is 12.3. The summed E-state index contributed by atoms with van der Waals surface area (Å²) >= 11 is 12.0. The molecule has 2 aromatic rings. The molecule has 0 bridgehead atoms. The SMILES string of the molecule is CC(=O)N(CCC(=O)Nc1cc(Cl)ccc1Cl)c1ccccc1C(C)C. The van der Waals surface area contributed by atoms with Crippen LogP contribution in [0, 0.1) is 0 Å². The molecule has 0 fully saturated rings. The largest absolute Gasteiger partial charge is 0.325 e. The third-order valence-electron chi connectivity index (χ3n) is 3.99. The molecular weight excluding hydrogens is 371 g/mol. The molecule has 2 aromatic carbocycles. The van der Waals surface area contributed by atoms with Gasteiger partial charge in [0.15, 0.2) is 0 Å². The maximum atomic E-state index is 12.3. The Morgan fingerprint density at radius 2 is 1.81 bits per heavy atom. The summed E-state index contributed by atoms with van der Waals surface area (Å²) in [6, 6.07) is 12.6. The summed E-state index contributed by atoms with van der Waals surface area (Å²) in [5.74, 6) is -0.0683. The van der Waals surface area contributed by atoms with Gasteiger partial charge in [-0.3, -0.25) is 9.59 Å². The van der Waals surface area contributed by atoms with Gasteiger partial charge in [-0.1, -0.05) is 55.2 Å². The molecule has 6 heteroatoms. The average molecular weight is 393 g/mol. The van der Waals surface area contributed by atoms with E-state index in [1.165, 1.54) is 6.92 Å². The molecule has 4 nitrogen and oxygen atoms in total. The minimum absolute atomic E-state index is 0.105. The molecule has 0 atom stereocenters. The van der Waals surface area contributed by atoms with Gasteiger partial charge in [0.2, 0.25) is 11.8 Å². The van der Waals surface area contributed by atoms with E-state index in [2.05, 4.69) is 19.2 Å². The predicted molar refractivity (Wildman–Crippen MR) is 108 cm³/mol. The van der Waals surface area contributed by atoms with Crippen LogP contribution in [0.5, 0.6) is 0 Å². The van der Waals surface area contributed by atoms with Crippen LogP contribution >= 0.6 is 23.2 Å². The Labute approximate surface area is 164 Å². The first-order chi connectivity index (χ1) is 12.3. The third kappa shape index (κ3) is 5.23. The topological polar surface area (TPSA) is 49.4 Å². The molecule has 138 valence electrons. The standard InChI is InChI=1S/C20H22Cl2N2O2/c1-13(2)16-6-4-5-7-19(16)24(14(3)25)11-10-20(26)23-18-12-15(21)8-9-17(18)22/h4-9,12-13H,10-11H2,1-3H3,(H,23,26). The predicted octanol–water partition coefficient (Wildman–Crippen LogP) is 5.50. The molecule has 2 rings (SSSR count). The number of amides is 2. The monoisotopic (exact) mass is 392 g/mol. The van der Waals surface area contributed by atoms with Crippen LogP contribution in [0.15, 0.2) is 42.5 Å². The lowest BCUT2D eigenvalue weighted by atomic mass is 10.0. The molecule has 0 aliphatic heterocycles. The third-order valence-corrected chi connectivity index (χ3v) is 4.56. The number of halogens is 2. The Hall–Kier alpha value is -2.04. The smallest absolute Gasteiger partial charge is 0.226 e. The number of nitrogens with zero attached hydrogens (tertiary/aromatic N) is 1. The van der Waals surface area contributed by atoms with E-state index >= 15 is 0 Å². The number of hydrogen-bond acceptors (Lipinski definition) is 2. The van der Waals surface area contributed by atoms with E-state index in [1.54, 1.807) is 23.1 Å². The second-order valence-electron chi connectivity index (χ2n) is 6.31. The summed E-state index contributed by atoms with van der Waals surface area (Å²) in [6.45, 7) is 5.93. The van der Waals surface area contributed by atoms with Crippen LogP contribution in [0.4, 0.5) is 11.4 Å². The normalized spacial score (nSPS) is 10.7. The van der Waals surface area contributed by atoms with Gasteiger partial charge in [-0.25, -0.2) is 0 Å². The number of para-hydroxylation sites is 1. The van der Waals surface area contributed by atoms with Gasteiger partial charge in [-0.15, -0.1) is 0 Å². The van der Waals surface area contributed by atoms with Crippen molar-refractivity contribution in [3.8, 4) is 0 Å². The fourth-order valence-electron chi connectivity index (χ4n) is 2.69. The van der Waals surface area contributed by atoms with Gasteiger partial charge < -0.3 is 10.2 Å². The van der Waals surface area contributed by atoms with Crippen molar-refractivity contribution in [3.63, 3.8) is 0 Å². The fraction of sp³-hybridized carbons (Fsp3) is 0.300. The Morgan fingerprint density at radius 3 is 2.46 bits per heavy atom. The number of nitrogens with one attached hydrogen (secondary N) is 1. The van der Waals surface area contributed by atoms with E-state index in [0.29, 0.717) is 15.7 Å². The van der Waals surface area contributed by atoms with Crippen molar-refractivity contribution >= 4 is 46.4 Å². The molecule has 26 heavy (non-hydrogen) atoms. The van der Waals surface area contributed by atoms with Gasteiger partial charge in [0, 0.05) is 30.6 Å². The van der Waals surface area contributed by atoms with E-state index in [-0.39, 0.29) is 30.7 Å². The molecule has 2 amide bonds. The van der Waals surface area contributed by atoms with Crippen molar-refractivity contribution in [2.45, 2.75) is 33.1 Å². The quantitative estimate of drug-likeness (QED) is 0.705. The summed E-state index contributed by atoms with van der Waals surface area (Å²) in [5, 5.41) is 3.64. The Balaban J connectivity index is 2.11. The van der Waals surface area contributed by atoms with Crippen molar-refractivity contribution in [3.05, 3.63) is 58.1 Å². The number of benzene rings is 2. The van der Waals surface area contributed by atoms with E-state index in [0.717, 1.165) is 11.3 Å². The highest BCUT2D eigenvalue weighted by molar-refractivity contribution is 6.35. The average Bonchev–Trinajstić information content (AvgIpc) is 2.58. The van der Waals surface area contributed by atoms with Crippen LogP contribution in [0.25, 0.3) is 0 Å². The van der Waals surface area contributed by atoms with Crippen LogP contribution < -0.4 is 10.2 Å². The van der Waals surface area contributed by atoms with Gasteiger partial charge in [0.25, 0.3) is 0 Å². The molecule has 0 saturated carbocycles. The van der Waals surface area contributed by atoms with E-state index in [4.69, 9.17) is 23.2 Å². The van der Waals surface area contributed by atoms with Gasteiger partial charge in [0.05, 0.1) is 10.7 Å². The number of carbonyl (C=O) groups excluding carboxylic acids is 2. The molecule has 0 radical (unpaired) electrons. The first-order valence-electron chi connectivity index (χ1n) is 8.41. The molecule has 0 saturated heterocycles. The van der Waals surface area contributed by atoms with Crippen LogP contribution in [0.1, 0.15) is 38.7 Å². The van der Waals surface area contributed by atoms with Crippen LogP contribution in [-0.4, -0.2) is 18.4 Å². The van der Waals surface area contributed by atoms with Gasteiger partial charge in [-0.05, 0) is 35.7 Å². The van der Waals surface area contributed by atoms with Crippen molar-refractivity contribution < 1.29 is 9.59 Å². The minimum atomic E-state index is -0.234. The molecule has 1 N–H and O–H groups in total. The molecule has 0 aliphatic rings. The lowest BCUT2D eigenvalue weighted by molar-refractivity contribution is -0.117. The molecule has 0 spiro atoms. The van der Waals surface area contributed by atoms with Crippen molar-refractivity contribution in [1.82, 2.24) is 0 Å². The summed E-state index contributed by atoms with van der Waals surface area (Å²) < 4.78 is 0. The summed E-state index contributed by atoms with van der Waals surface area (Å²) in [6.07, 6.45) is 0.148. The van der Waals surface area contributed by atoms with Gasteiger partial charge in [-0.2, -0.15) is 0 Å². The molecule has 0 aliphatic carbocycles. The Morgan fingerprint density at radius 1 is 1.12 bits per heavy atom. The highest BCUT2D eigenvalue weighted by atomic mass is 35.5. The number of anilines is 2. The molecule has 0 aromatic heterocycles. The minimum Gasteiger partial charge on any atom is -0.325 e. The van der Waals surface area contributed by atoms with Crippen LogP contribution in [0.3, 0.4) is 0 Å². The van der Waals surface area contributed by atoms with Crippen LogP contribution in [0.2, 0.25) is 10.0 Å². The van der Waals surface area contributed by atoms with E-state index < -0.39 is 0 Å². The first-order valence-corrected chi connectivity index (χ1v) is 9.17. The maximum Gasteiger partial charge on any atom is 0.226 e. The number of carbonyl (C=O) groups is 2. The number of hydrogen-bond donors (Lipinski definition) is 1. The highest BCUT2D eigenvalue weighted by Gasteiger charge is 2.18. The Kier molecular flexibility index (Phi) is 7.06. The van der Waals surface area contributed by atoms with Gasteiger partial charge >= 0.3 is 0 Å². The summed E-state index contributed by atoms with van der Waals surface area (Å²) in [5.41, 5.74) is 2.37. The molecular formula is C20H22Cl2N2O2. The summed E-state index contributed by atoms with van der Waals surface area (Å²) in [4.78, 5) is 26.1. The second kappa shape index (κ2) is 9.06. The second-order valence-corrected chi connectivity index (χ2v) is 7.15. The zero-order valence-corrected chi connectivity index (χ0v) is 16.6. The number of rotatable bonds is 6. The van der Waals surface area contributed by atoms with Gasteiger partial charge in [0.1, 0.15) is 0 Å². The zero-order valence-electron chi connectivity index (χ0n) is 15.1. The lowest BCUT2D eigenvalue weighted by Crippen LogP contribution is -2.32. The lowest BCUT2D eigenvalue weighted by Gasteiger charge is -2.25. The van der Waals surface area contributed by atoms with Crippen molar-refractivity contribution in [2.75, 3.05) is 16.8 Å². The van der Waals surface area contributed by atoms with E-state index in [1.807, 2.05) is 24.3 Å². The van der Waals surface area contributed by atoms with Crippen molar-refractivity contribution in [2.24, 2.45) is 0 Å². The Bertz CT molecular complexity index is 806. The highest BCUT2D eigenvalue weighted by Crippen LogP contribution is 2.28. The molecule has 0 unspecified atom stereocenters. The van der Waals surface area contributed by atoms with Crippen molar-refractivity contribution in [1.29, 1.82) is 0 Å². The summed E-state index contributed by atoms with van der Waals surface area (Å²) in [7, 11) is 0. The van der Waals surface area contributed by atoms with E-state index in [9.17, 15) is 9.59 Å². The van der Waals surface area contributed by atoms with Crippen LogP contribution in [-0.2, 0) is 9.59 Å².